The van der Waals surface area contributed by atoms with E-state index in [1.165, 1.54) is 6.20 Å². The van der Waals surface area contributed by atoms with Crippen molar-refractivity contribution < 1.29 is 5.11 Å². The SMILES string of the molecule is Cc1cc(CBr)c(O)cn1. The fourth-order valence-electron chi connectivity index (χ4n) is 0.716. The van der Waals surface area contributed by atoms with Crippen molar-refractivity contribution in [2.75, 3.05) is 0 Å². The van der Waals surface area contributed by atoms with Crippen LogP contribution in [-0.4, -0.2) is 10.1 Å². The molecule has 3 heteroatoms. The van der Waals surface area contributed by atoms with Gasteiger partial charge in [-0.1, -0.05) is 15.9 Å². The van der Waals surface area contributed by atoms with Gasteiger partial charge in [0.15, 0.2) is 0 Å². The number of hydrogen-bond donors (Lipinski definition) is 1. The lowest BCUT2D eigenvalue weighted by molar-refractivity contribution is 0.467. The molecule has 1 aromatic heterocycles. The molecule has 0 aliphatic carbocycles. The largest absolute Gasteiger partial charge is 0.506 e. The number of aromatic hydroxyl groups is 1. The molecule has 0 atom stereocenters. The number of pyridine rings is 1. The van der Waals surface area contributed by atoms with Gasteiger partial charge in [-0.25, -0.2) is 0 Å². The zero-order valence-corrected chi connectivity index (χ0v) is 7.22. The van der Waals surface area contributed by atoms with E-state index in [4.69, 9.17) is 5.11 Å². The van der Waals surface area contributed by atoms with Crippen LogP contribution in [0, 0.1) is 6.92 Å². The van der Waals surface area contributed by atoms with Crippen LogP contribution in [0.1, 0.15) is 11.3 Å². The first-order valence-corrected chi connectivity index (χ1v) is 4.06. The lowest BCUT2D eigenvalue weighted by Crippen LogP contribution is -1.84. The third-order valence-electron chi connectivity index (χ3n) is 1.25. The predicted molar refractivity (Wildman–Crippen MR) is 43.3 cm³/mol. The van der Waals surface area contributed by atoms with Gasteiger partial charge in [-0.15, -0.1) is 0 Å². The Balaban J connectivity index is 3.09. The van der Waals surface area contributed by atoms with Crippen LogP contribution in [0.5, 0.6) is 5.75 Å². The van der Waals surface area contributed by atoms with E-state index in [1.807, 2.05) is 13.0 Å². The molecule has 0 unspecified atom stereocenters. The molecule has 0 bridgehead atoms. The van der Waals surface area contributed by atoms with Crippen molar-refractivity contribution in [1.82, 2.24) is 4.98 Å². The molecule has 0 aliphatic heterocycles. The van der Waals surface area contributed by atoms with Crippen molar-refractivity contribution in [3.05, 3.63) is 23.5 Å². The molecule has 1 aromatic rings. The van der Waals surface area contributed by atoms with Crippen LogP contribution < -0.4 is 0 Å². The summed E-state index contributed by atoms with van der Waals surface area (Å²) >= 11 is 3.25. The van der Waals surface area contributed by atoms with Gasteiger partial charge in [0.25, 0.3) is 0 Å². The Morgan fingerprint density at radius 2 is 2.40 bits per heavy atom. The number of nitrogens with zero attached hydrogens (tertiary/aromatic N) is 1. The van der Waals surface area contributed by atoms with Gasteiger partial charge in [-0.05, 0) is 13.0 Å². The summed E-state index contributed by atoms with van der Waals surface area (Å²) in [6.45, 7) is 1.89. The molecule has 0 spiro atoms. The molecule has 0 saturated carbocycles. The second kappa shape index (κ2) is 3.01. The van der Waals surface area contributed by atoms with Gasteiger partial charge in [0.2, 0.25) is 0 Å². The van der Waals surface area contributed by atoms with E-state index in [2.05, 4.69) is 20.9 Å². The smallest absolute Gasteiger partial charge is 0.137 e. The number of hydrogen-bond acceptors (Lipinski definition) is 2. The first kappa shape index (κ1) is 7.54. The highest BCUT2D eigenvalue weighted by molar-refractivity contribution is 9.08. The summed E-state index contributed by atoms with van der Waals surface area (Å²) in [7, 11) is 0. The van der Waals surface area contributed by atoms with Gasteiger partial charge in [0.05, 0.1) is 6.20 Å². The normalized spacial score (nSPS) is 9.80. The molecule has 1 rings (SSSR count). The van der Waals surface area contributed by atoms with Gasteiger partial charge in [-0.3, -0.25) is 4.98 Å². The Morgan fingerprint density at radius 3 is 2.90 bits per heavy atom. The first-order chi connectivity index (χ1) is 4.74. The van der Waals surface area contributed by atoms with Crippen LogP contribution in [0.25, 0.3) is 0 Å². The van der Waals surface area contributed by atoms with Crippen molar-refractivity contribution in [3.8, 4) is 5.75 Å². The highest BCUT2D eigenvalue weighted by Crippen LogP contribution is 2.18. The number of rotatable bonds is 1. The van der Waals surface area contributed by atoms with Gasteiger partial charge in [-0.2, -0.15) is 0 Å². The van der Waals surface area contributed by atoms with Crippen LogP contribution in [0.3, 0.4) is 0 Å². The van der Waals surface area contributed by atoms with Gasteiger partial charge in [0.1, 0.15) is 5.75 Å². The Bertz CT molecular complexity index is 237. The maximum atomic E-state index is 9.14. The van der Waals surface area contributed by atoms with E-state index in [1.54, 1.807) is 0 Å². The number of halogens is 1. The van der Waals surface area contributed by atoms with E-state index in [9.17, 15) is 0 Å². The van der Waals surface area contributed by atoms with E-state index < -0.39 is 0 Å². The van der Waals surface area contributed by atoms with Crippen LogP contribution in [0.2, 0.25) is 0 Å². The highest BCUT2D eigenvalue weighted by Gasteiger charge is 1.98. The molecule has 10 heavy (non-hydrogen) atoms. The molecule has 0 saturated heterocycles. The number of alkyl halides is 1. The molecule has 2 nitrogen and oxygen atoms in total. The first-order valence-electron chi connectivity index (χ1n) is 2.94. The van der Waals surface area contributed by atoms with E-state index in [-0.39, 0.29) is 5.75 Å². The van der Waals surface area contributed by atoms with Crippen LogP contribution in [0.4, 0.5) is 0 Å². The van der Waals surface area contributed by atoms with Crippen molar-refractivity contribution in [2.24, 2.45) is 0 Å². The molecule has 0 aromatic carbocycles. The molecule has 0 radical (unpaired) electrons. The van der Waals surface area contributed by atoms with Crippen molar-refractivity contribution in [2.45, 2.75) is 12.3 Å². The molecule has 0 fully saturated rings. The molecule has 0 amide bonds. The zero-order valence-electron chi connectivity index (χ0n) is 5.63. The van der Waals surface area contributed by atoms with E-state index in [0.717, 1.165) is 11.3 Å². The average molecular weight is 202 g/mol. The summed E-state index contributed by atoms with van der Waals surface area (Å²) < 4.78 is 0. The summed E-state index contributed by atoms with van der Waals surface area (Å²) in [5.74, 6) is 0.252. The quantitative estimate of drug-likeness (QED) is 0.706. The van der Waals surface area contributed by atoms with Crippen molar-refractivity contribution in [3.63, 3.8) is 0 Å². The summed E-state index contributed by atoms with van der Waals surface area (Å²) in [6, 6.07) is 1.85. The molecule has 1 heterocycles. The second-order valence-electron chi connectivity index (χ2n) is 2.09. The summed E-state index contributed by atoms with van der Waals surface area (Å²) in [4.78, 5) is 3.92. The molecule has 1 N–H and O–H groups in total. The standard InChI is InChI=1S/C7H8BrNO/c1-5-2-6(3-8)7(10)4-9-5/h2,4,10H,3H2,1H3. The average Bonchev–Trinajstić information content (AvgIpc) is 1.94. The van der Waals surface area contributed by atoms with Crippen molar-refractivity contribution in [1.29, 1.82) is 0 Å². The fourth-order valence-corrected chi connectivity index (χ4v) is 1.17. The third-order valence-corrected chi connectivity index (χ3v) is 1.85. The number of aromatic nitrogens is 1. The van der Waals surface area contributed by atoms with Crippen LogP contribution in [-0.2, 0) is 5.33 Å². The lowest BCUT2D eigenvalue weighted by Gasteiger charge is -1.99. The molecular formula is C7H8BrNO. The Morgan fingerprint density at radius 1 is 1.70 bits per heavy atom. The minimum absolute atomic E-state index is 0.252. The van der Waals surface area contributed by atoms with Gasteiger partial charge in [0, 0.05) is 16.6 Å². The summed E-state index contributed by atoms with van der Waals surface area (Å²) in [5, 5.41) is 9.81. The number of aryl methyl sites for hydroxylation is 1. The maximum Gasteiger partial charge on any atom is 0.137 e. The van der Waals surface area contributed by atoms with E-state index in [0.29, 0.717) is 5.33 Å². The minimum atomic E-state index is 0.252. The monoisotopic (exact) mass is 201 g/mol. The minimum Gasteiger partial charge on any atom is -0.506 e. The Hall–Kier alpha value is -0.570. The maximum absolute atomic E-state index is 9.14. The molecule has 0 aliphatic rings. The van der Waals surface area contributed by atoms with E-state index >= 15 is 0 Å². The lowest BCUT2D eigenvalue weighted by atomic mass is 10.2. The van der Waals surface area contributed by atoms with Crippen molar-refractivity contribution >= 4 is 15.9 Å². The molecular weight excluding hydrogens is 194 g/mol. The topological polar surface area (TPSA) is 33.1 Å². The Labute approximate surface area is 68.0 Å². The van der Waals surface area contributed by atoms with Crippen LogP contribution in [0.15, 0.2) is 12.3 Å². The highest BCUT2D eigenvalue weighted by atomic mass is 79.9. The van der Waals surface area contributed by atoms with Crippen LogP contribution >= 0.6 is 15.9 Å². The summed E-state index contributed by atoms with van der Waals surface area (Å²) in [5.41, 5.74) is 1.81. The van der Waals surface area contributed by atoms with Gasteiger partial charge >= 0.3 is 0 Å². The Kier molecular flexibility index (Phi) is 2.27. The fraction of sp³-hybridized carbons (Fsp3) is 0.286. The third kappa shape index (κ3) is 1.48. The second-order valence-corrected chi connectivity index (χ2v) is 2.65. The molecule has 54 valence electrons. The predicted octanol–water partition coefficient (Wildman–Crippen LogP) is 1.99. The summed E-state index contributed by atoms with van der Waals surface area (Å²) in [6.07, 6.45) is 1.46. The zero-order chi connectivity index (χ0) is 7.56. The van der Waals surface area contributed by atoms with Gasteiger partial charge < -0.3 is 5.11 Å².